The van der Waals surface area contributed by atoms with Gasteiger partial charge in [-0.05, 0) is 12.1 Å². The van der Waals surface area contributed by atoms with E-state index in [4.69, 9.17) is 25.8 Å². The van der Waals surface area contributed by atoms with E-state index in [0.29, 0.717) is 48.1 Å². The van der Waals surface area contributed by atoms with Gasteiger partial charge in [0.15, 0.2) is 11.5 Å². The van der Waals surface area contributed by atoms with Gasteiger partial charge in [0.25, 0.3) is 5.91 Å². The average molecular weight is 314 g/mol. The Morgan fingerprint density at radius 1 is 1.33 bits per heavy atom. The van der Waals surface area contributed by atoms with Gasteiger partial charge in [-0.2, -0.15) is 0 Å². The van der Waals surface area contributed by atoms with Gasteiger partial charge in [-0.1, -0.05) is 11.6 Å². The number of aliphatic hydroxyl groups is 1. The molecular formula is C14H16ClNO5. The Bertz CT molecular complexity index is 557. The summed E-state index contributed by atoms with van der Waals surface area (Å²) in [5, 5.41) is 13.4. The highest BCUT2D eigenvalue weighted by molar-refractivity contribution is 6.32. The van der Waals surface area contributed by atoms with E-state index in [2.05, 4.69) is 5.32 Å². The lowest BCUT2D eigenvalue weighted by molar-refractivity contribution is -0.0605. The minimum absolute atomic E-state index is 0.0971. The third-order valence-electron chi connectivity index (χ3n) is 3.69. The van der Waals surface area contributed by atoms with Gasteiger partial charge in [-0.25, -0.2) is 0 Å². The first kappa shape index (κ1) is 14.4. The number of carbonyl (C=O) groups is 1. The van der Waals surface area contributed by atoms with E-state index in [1.165, 1.54) is 6.07 Å². The second-order valence-corrected chi connectivity index (χ2v) is 5.62. The van der Waals surface area contributed by atoms with Gasteiger partial charge in [0.05, 0.1) is 10.6 Å². The lowest BCUT2D eigenvalue weighted by Crippen LogP contribution is -2.46. The Morgan fingerprint density at radius 2 is 2.10 bits per heavy atom. The quantitative estimate of drug-likeness (QED) is 0.880. The molecule has 1 saturated heterocycles. The minimum Gasteiger partial charge on any atom is -0.454 e. The van der Waals surface area contributed by atoms with Gasteiger partial charge >= 0.3 is 0 Å². The van der Waals surface area contributed by atoms with Crippen molar-refractivity contribution >= 4 is 17.5 Å². The Hall–Kier alpha value is -1.50. The van der Waals surface area contributed by atoms with Crippen LogP contribution in [0.25, 0.3) is 0 Å². The van der Waals surface area contributed by atoms with Gasteiger partial charge in [0.2, 0.25) is 6.79 Å². The van der Waals surface area contributed by atoms with Gasteiger partial charge in [0, 0.05) is 38.2 Å². The normalized spacial score (nSPS) is 19.3. The smallest absolute Gasteiger partial charge is 0.251 e. The lowest BCUT2D eigenvalue weighted by Gasteiger charge is -2.32. The molecule has 6 nitrogen and oxygen atoms in total. The van der Waals surface area contributed by atoms with Gasteiger partial charge < -0.3 is 24.6 Å². The maximum Gasteiger partial charge on any atom is 0.251 e. The van der Waals surface area contributed by atoms with Crippen LogP contribution in [0.5, 0.6) is 11.5 Å². The molecule has 0 bridgehead atoms. The van der Waals surface area contributed by atoms with Crippen molar-refractivity contribution in [2.75, 3.05) is 26.6 Å². The molecule has 7 heteroatoms. The molecule has 2 N–H and O–H groups in total. The third kappa shape index (κ3) is 3.07. The van der Waals surface area contributed by atoms with Crippen LogP contribution in [0.1, 0.15) is 23.2 Å². The number of carbonyl (C=O) groups excluding carboxylic acids is 1. The number of hydrogen-bond acceptors (Lipinski definition) is 5. The highest BCUT2D eigenvalue weighted by atomic mass is 35.5. The van der Waals surface area contributed by atoms with E-state index in [0.717, 1.165) is 0 Å². The summed E-state index contributed by atoms with van der Waals surface area (Å²) in [4.78, 5) is 12.2. The average Bonchev–Trinajstić information content (AvgIpc) is 2.94. The standard InChI is InChI=1S/C14H16ClNO5/c15-10-5-9(6-11-12(10)21-8-20-11)13(17)16-7-14(18)1-3-19-4-2-14/h5-6,18H,1-4,7-8H2,(H,16,17). The summed E-state index contributed by atoms with van der Waals surface area (Å²) in [5.41, 5.74) is -0.534. The number of hydrogen-bond donors (Lipinski definition) is 2. The topological polar surface area (TPSA) is 77.0 Å². The van der Waals surface area contributed by atoms with E-state index < -0.39 is 5.60 Å². The van der Waals surface area contributed by atoms with Crippen molar-refractivity contribution in [3.05, 3.63) is 22.7 Å². The monoisotopic (exact) mass is 313 g/mol. The van der Waals surface area contributed by atoms with Crippen LogP contribution >= 0.6 is 11.6 Å². The van der Waals surface area contributed by atoms with Crippen LogP contribution in [-0.2, 0) is 4.74 Å². The first-order valence-electron chi connectivity index (χ1n) is 6.75. The summed E-state index contributed by atoms with van der Waals surface area (Å²) in [6, 6.07) is 3.11. The molecule has 1 amide bonds. The number of benzene rings is 1. The number of ether oxygens (including phenoxy) is 3. The summed E-state index contributed by atoms with van der Waals surface area (Å²) >= 11 is 6.04. The first-order chi connectivity index (χ1) is 10.1. The molecule has 2 aliphatic heterocycles. The van der Waals surface area contributed by atoms with Crippen LogP contribution in [0.15, 0.2) is 12.1 Å². The van der Waals surface area contributed by atoms with Gasteiger partial charge in [-0.3, -0.25) is 4.79 Å². The zero-order chi connectivity index (χ0) is 14.9. The molecule has 2 heterocycles. The van der Waals surface area contributed by atoms with Crippen molar-refractivity contribution in [1.29, 1.82) is 0 Å². The molecule has 1 aromatic carbocycles. The zero-order valence-corrected chi connectivity index (χ0v) is 12.1. The summed E-state index contributed by atoms with van der Waals surface area (Å²) in [7, 11) is 0. The van der Waals surface area contributed by atoms with Crippen molar-refractivity contribution in [3.8, 4) is 11.5 Å². The van der Waals surface area contributed by atoms with Crippen LogP contribution in [-0.4, -0.2) is 43.2 Å². The number of amides is 1. The minimum atomic E-state index is -0.909. The lowest BCUT2D eigenvalue weighted by atomic mass is 9.94. The molecular weight excluding hydrogens is 298 g/mol. The fraction of sp³-hybridized carbons (Fsp3) is 0.500. The Labute approximate surface area is 126 Å². The van der Waals surface area contributed by atoms with Gasteiger partial charge in [0.1, 0.15) is 0 Å². The molecule has 1 aromatic rings. The van der Waals surface area contributed by atoms with E-state index in [1.807, 2.05) is 0 Å². The fourth-order valence-corrected chi connectivity index (χ4v) is 2.64. The second kappa shape index (κ2) is 5.71. The zero-order valence-electron chi connectivity index (χ0n) is 11.4. The molecule has 2 aliphatic rings. The fourth-order valence-electron chi connectivity index (χ4n) is 2.37. The maximum absolute atomic E-state index is 12.2. The van der Waals surface area contributed by atoms with E-state index >= 15 is 0 Å². The molecule has 3 rings (SSSR count). The highest BCUT2D eigenvalue weighted by Crippen LogP contribution is 2.39. The number of nitrogens with one attached hydrogen (secondary N) is 1. The van der Waals surface area contributed by atoms with Crippen molar-refractivity contribution in [1.82, 2.24) is 5.32 Å². The van der Waals surface area contributed by atoms with Crippen LogP contribution < -0.4 is 14.8 Å². The van der Waals surface area contributed by atoms with Crippen molar-refractivity contribution in [3.63, 3.8) is 0 Å². The predicted octanol–water partition coefficient (Wildman–Crippen LogP) is 1.34. The Balaban J connectivity index is 1.67. The molecule has 114 valence electrons. The van der Waals surface area contributed by atoms with Crippen molar-refractivity contribution in [2.45, 2.75) is 18.4 Å². The number of rotatable bonds is 3. The van der Waals surface area contributed by atoms with Crippen molar-refractivity contribution in [2.24, 2.45) is 0 Å². The molecule has 0 atom stereocenters. The highest BCUT2D eigenvalue weighted by Gasteiger charge is 2.30. The van der Waals surface area contributed by atoms with Crippen molar-refractivity contribution < 1.29 is 24.1 Å². The molecule has 0 spiro atoms. The largest absolute Gasteiger partial charge is 0.454 e. The first-order valence-corrected chi connectivity index (χ1v) is 7.13. The van der Waals surface area contributed by atoms with E-state index in [1.54, 1.807) is 6.07 Å². The van der Waals surface area contributed by atoms with Crippen LogP contribution in [0.2, 0.25) is 5.02 Å². The third-order valence-corrected chi connectivity index (χ3v) is 3.97. The summed E-state index contributed by atoms with van der Waals surface area (Å²) in [6.07, 6.45) is 1.02. The Morgan fingerprint density at radius 3 is 2.86 bits per heavy atom. The molecule has 0 unspecified atom stereocenters. The van der Waals surface area contributed by atoms with Crippen LogP contribution in [0.3, 0.4) is 0 Å². The molecule has 0 saturated carbocycles. The molecule has 0 aromatic heterocycles. The maximum atomic E-state index is 12.2. The predicted molar refractivity (Wildman–Crippen MR) is 74.9 cm³/mol. The van der Waals surface area contributed by atoms with E-state index in [9.17, 15) is 9.90 Å². The summed E-state index contributed by atoms with van der Waals surface area (Å²) < 4.78 is 15.6. The van der Waals surface area contributed by atoms with Gasteiger partial charge in [-0.15, -0.1) is 0 Å². The Kier molecular flexibility index (Phi) is 3.93. The second-order valence-electron chi connectivity index (χ2n) is 5.21. The number of fused-ring (bicyclic) bond motifs is 1. The molecule has 21 heavy (non-hydrogen) atoms. The molecule has 0 radical (unpaired) electrons. The van der Waals surface area contributed by atoms with Crippen LogP contribution in [0.4, 0.5) is 0 Å². The SMILES string of the molecule is O=C(NCC1(O)CCOCC1)c1cc(Cl)c2c(c1)OCO2. The van der Waals surface area contributed by atoms with E-state index in [-0.39, 0.29) is 19.2 Å². The molecule has 1 fully saturated rings. The van der Waals surface area contributed by atoms with Crippen LogP contribution in [0, 0.1) is 0 Å². The summed E-state index contributed by atoms with van der Waals surface area (Å²) in [6.45, 7) is 1.28. The number of halogens is 1. The molecule has 0 aliphatic carbocycles. The summed E-state index contributed by atoms with van der Waals surface area (Å²) in [5.74, 6) is 0.601.